The van der Waals surface area contributed by atoms with Gasteiger partial charge in [-0.3, -0.25) is 4.90 Å². The standard InChI is InChI=1S/C28H25F3N4O3/c1-18(2)24-5-3-4-6-25(24)37-27(36)35(22-11-12-22)21-9-7-19(8-10-21)26-32-17-34(33-26)20-13-15-23(16-14-20)38-28(29,30)31/h3-10,13-18,22H,11-12H2,1-2H3. The first-order valence-electron chi connectivity index (χ1n) is 12.2. The van der Waals surface area contributed by atoms with Gasteiger partial charge in [0.15, 0.2) is 5.82 Å². The molecule has 38 heavy (non-hydrogen) atoms. The summed E-state index contributed by atoms with van der Waals surface area (Å²) in [6.45, 7) is 4.10. The first-order chi connectivity index (χ1) is 18.2. The van der Waals surface area contributed by atoms with Crippen LogP contribution >= 0.6 is 0 Å². The summed E-state index contributed by atoms with van der Waals surface area (Å²) >= 11 is 0. The van der Waals surface area contributed by atoms with Crippen LogP contribution in [0.15, 0.2) is 79.1 Å². The van der Waals surface area contributed by atoms with Crippen molar-refractivity contribution < 1.29 is 27.4 Å². The highest BCUT2D eigenvalue weighted by atomic mass is 19.4. The molecule has 1 aliphatic carbocycles. The molecule has 196 valence electrons. The second kappa shape index (κ2) is 10.2. The van der Waals surface area contributed by atoms with Crippen LogP contribution in [0.1, 0.15) is 38.2 Å². The molecule has 0 radical (unpaired) electrons. The fraction of sp³-hybridized carbons (Fsp3) is 0.250. The van der Waals surface area contributed by atoms with E-state index in [2.05, 4.69) is 28.7 Å². The summed E-state index contributed by atoms with van der Waals surface area (Å²) in [6.07, 6.45) is -1.89. The van der Waals surface area contributed by atoms with Gasteiger partial charge in [-0.05, 0) is 78.9 Å². The maximum atomic E-state index is 13.2. The van der Waals surface area contributed by atoms with Crippen molar-refractivity contribution in [3.63, 3.8) is 0 Å². The second-order valence-electron chi connectivity index (χ2n) is 9.26. The molecule has 0 bridgehead atoms. The van der Waals surface area contributed by atoms with Crippen molar-refractivity contribution in [2.24, 2.45) is 0 Å². The van der Waals surface area contributed by atoms with E-state index in [9.17, 15) is 18.0 Å². The van der Waals surface area contributed by atoms with Crippen molar-refractivity contribution in [2.45, 2.75) is 45.0 Å². The van der Waals surface area contributed by atoms with Crippen molar-refractivity contribution in [3.8, 4) is 28.6 Å². The lowest BCUT2D eigenvalue weighted by Crippen LogP contribution is -2.35. The number of rotatable bonds is 7. The Morgan fingerprint density at radius 3 is 2.32 bits per heavy atom. The second-order valence-corrected chi connectivity index (χ2v) is 9.26. The van der Waals surface area contributed by atoms with Gasteiger partial charge in [-0.25, -0.2) is 14.5 Å². The van der Waals surface area contributed by atoms with E-state index in [1.165, 1.54) is 35.3 Å². The molecule has 1 heterocycles. The highest BCUT2D eigenvalue weighted by Gasteiger charge is 2.35. The van der Waals surface area contributed by atoms with E-state index in [0.29, 0.717) is 22.9 Å². The maximum absolute atomic E-state index is 13.2. The third-order valence-electron chi connectivity index (χ3n) is 6.08. The van der Waals surface area contributed by atoms with Crippen LogP contribution in [-0.4, -0.2) is 33.3 Å². The van der Waals surface area contributed by atoms with Crippen LogP contribution in [0.3, 0.4) is 0 Å². The molecule has 0 atom stereocenters. The van der Waals surface area contributed by atoms with Crippen LogP contribution in [0.2, 0.25) is 0 Å². The smallest absolute Gasteiger partial charge is 0.410 e. The number of ether oxygens (including phenoxy) is 2. The van der Waals surface area contributed by atoms with E-state index in [0.717, 1.165) is 24.0 Å². The molecule has 3 aromatic carbocycles. The Labute approximate surface area is 217 Å². The summed E-state index contributed by atoms with van der Waals surface area (Å²) in [4.78, 5) is 19.2. The molecule has 0 unspecified atom stereocenters. The number of alkyl halides is 3. The number of nitrogens with zero attached hydrogens (tertiary/aromatic N) is 4. The molecule has 0 saturated heterocycles. The highest BCUT2D eigenvalue weighted by Crippen LogP contribution is 2.35. The number of aromatic nitrogens is 3. The largest absolute Gasteiger partial charge is 0.573 e. The number of carbonyl (C=O) groups excluding carboxylic acids is 1. The van der Waals surface area contributed by atoms with Gasteiger partial charge in [0, 0.05) is 17.3 Å². The summed E-state index contributed by atoms with van der Waals surface area (Å²) in [5.74, 6) is 0.885. The minimum atomic E-state index is -4.75. The summed E-state index contributed by atoms with van der Waals surface area (Å²) in [6, 6.07) is 20.3. The van der Waals surface area contributed by atoms with Crippen LogP contribution in [0, 0.1) is 0 Å². The molecule has 5 rings (SSSR count). The lowest BCUT2D eigenvalue weighted by molar-refractivity contribution is -0.274. The van der Waals surface area contributed by atoms with E-state index in [1.807, 2.05) is 42.5 Å². The average Bonchev–Trinajstić information content (AvgIpc) is 3.58. The van der Waals surface area contributed by atoms with Gasteiger partial charge >= 0.3 is 12.5 Å². The first-order valence-corrected chi connectivity index (χ1v) is 12.2. The summed E-state index contributed by atoms with van der Waals surface area (Å²) < 4.78 is 48.3. The molecular formula is C28H25F3N4O3. The Morgan fingerprint density at radius 2 is 1.68 bits per heavy atom. The van der Waals surface area contributed by atoms with Crippen LogP contribution in [0.4, 0.5) is 23.7 Å². The van der Waals surface area contributed by atoms with Crippen molar-refractivity contribution in [1.29, 1.82) is 0 Å². The third-order valence-corrected chi connectivity index (χ3v) is 6.08. The van der Waals surface area contributed by atoms with E-state index < -0.39 is 12.5 Å². The molecule has 10 heteroatoms. The summed E-state index contributed by atoms with van der Waals surface area (Å²) in [5.41, 5.74) is 2.93. The summed E-state index contributed by atoms with van der Waals surface area (Å²) in [7, 11) is 0. The Kier molecular flexibility index (Phi) is 6.79. The van der Waals surface area contributed by atoms with E-state index in [-0.39, 0.29) is 17.7 Å². The number of hydrogen-bond acceptors (Lipinski definition) is 5. The molecule has 1 fully saturated rings. The van der Waals surface area contributed by atoms with Crippen molar-refractivity contribution in [1.82, 2.24) is 14.8 Å². The predicted octanol–water partition coefficient (Wildman–Crippen LogP) is 7.12. The fourth-order valence-corrected chi connectivity index (χ4v) is 4.08. The molecule has 0 aliphatic heterocycles. The lowest BCUT2D eigenvalue weighted by Gasteiger charge is -2.23. The summed E-state index contributed by atoms with van der Waals surface area (Å²) in [5, 5.41) is 4.43. The van der Waals surface area contributed by atoms with Gasteiger partial charge in [0.1, 0.15) is 17.8 Å². The number of benzene rings is 3. The molecule has 1 aromatic heterocycles. The van der Waals surface area contributed by atoms with Crippen molar-refractivity contribution >= 4 is 11.8 Å². The Hall–Kier alpha value is -4.34. The molecule has 0 N–H and O–H groups in total. The van der Waals surface area contributed by atoms with Crippen LogP contribution < -0.4 is 14.4 Å². The van der Waals surface area contributed by atoms with Gasteiger partial charge in [0.05, 0.1) is 5.69 Å². The van der Waals surface area contributed by atoms with Gasteiger partial charge < -0.3 is 9.47 Å². The first kappa shape index (κ1) is 25.3. The van der Waals surface area contributed by atoms with Crippen LogP contribution in [0.5, 0.6) is 11.5 Å². The zero-order chi connectivity index (χ0) is 26.9. The molecular weight excluding hydrogens is 497 g/mol. The zero-order valence-electron chi connectivity index (χ0n) is 20.7. The maximum Gasteiger partial charge on any atom is 0.573 e. The number of anilines is 1. The van der Waals surface area contributed by atoms with Gasteiger partial charge in [0.25, 0.3) is 0 Å². The van der Waals surface area contributed by atoms with E-state index in [4.69, 9.17) is 4.74 Å². The van der Waals surface area contributed by atoms with Gasteiger partial charge in [-0.1, -0.05) is 32.0 Å². The number of carbonyl (C=O) groups is 1. The Balaban J connectivity index is 1.31. The molecule has 7 nitrogen and oxygen atoms in total. The SMILES string of the molecule is CC(C)c1ccccc1OC(=O)N(c1ccc(-c2ncn(-c3ccc(OC(F)(F)F)cc3)n2)cc1)C1CC1. The zero-order valence-corrected chi connectivity index (χ0v) is 20.7. The monoisotopic (exact) mass is 522 g/mol. The molecule has 0 spiro atoms. The minimum absolute atomic E-state index is 0.0844. The van der Waals surface area contributed by atoms with Gasteiger partial charge in [0.2, 0.25) is 0 Å². The predicted molar refractivity (Wildman–Crippen MR) is 136 cm³/mol. The van der Waals surface area contributed by atoms with Gasteiger partial charge in [-0.2, -0.15) is 0 Å². The van der Waals surface area contributed by atoms with Crippen LogP contribution in [0.25, 0.3) is 17.1 Å². The van der Waals surface area contributed by atoms with Crippen LogP contribution in [-0.2, 0) is 0 Å². The van der Waals surface area contributed by atoms with Crippen molar-refractivity contribution in [3.05, 3.63) is 84.7 Å². The number of halogens is 3. The minimum Gasteiger partial charge on any atom is -0.410 e. The van der Waals surface area contributed by atoms with E-state index >= 15 is 0 Å². The Morgan fingerprint density at radius 1 is 1.00 bits per heavy atom. The molecule has 1 saturated carbocycles. The van der Waals surface area contributed by atoms with Gasteiger partial charge in [-0.15, -0.1) is 18.3 Å². The number of para-hydroxylation sites is 1. The third kappa shape index (κ3) is 5.80. The average molecular weight is 523 g/mol. The normalized spacial score (nSPS) is 13.4. The fourth-order valence-electron chi connectivity index (χ4n) is 4.08. The highest BCUT2D eigenvalue weighted by molar-refractivity contribution is 5.91. The number of hydrogen-bond donors (Lipinski definition) is 0. The molecule has 1 amide bonds. The van der Waals surface area contributed by atoms with E-state index in [1.54, 1.807) is 11.0 Å². The van der Waals surface area contributed by atoms with Crippen molar-refractivity contribution in [2.75, 3.05) is 4.90 Å². The Bertz CT molecular complexity index is 1410. The topological polar surface area (TPSA) is 69.5 Å². The lowest BCUT2D eigenvalue weighted by atomic mass is 10.0. The molecule has 1 aliphatic rings. The quantitative estimate of drug-likeness (QED) is 0.258. The molecule has 4 aromatic rings. The number of amides is 1.